The molecule has 7 heteroatoms. The third-order valence-corrected chi connectivity index (χ3v) is 6.22. The van der Waals surface area contributed by atoms with E-state index in [1.807, 2.05) is 49.4 Å². The Labute approximate surface area is 197 Å². The number of benzene rings is 3. The standard InChI is InChI=1S/C27H26N4O3/c1-19-7-6-10-22(17-19)31-25(32)23-12-11-20(26(33)34-2)18-24(23)28-27(31)30-15-13-29(14-16-30)21-8-4-3-5-9-21/h3-12,17-18H,13-16H2,1-2H3. The number of methoxy groups -OCH3 is 1. The Balaban J connectivity index is 1.60. The molecule has 4 aromatic rings. The maximum atomic E-state index is 13.7. The largest absolute Gasteiger partial charge is 0.465 e. The van der Waals surface area contributed by atoms with Gasteiger partial charge in [0.1, 0.15) is 0 Å². The lowest BCUT2D eigenvalue weighted by Crippen LogP contribution is -2.48. The highest BCUT2D eigenvalue weighted by Gasteiger charge is 2.24. The second-order valence-electron chi connectivity index (χ2n) is 8.42. The number of rotatable bonds is 4. The third-order valence-electron chi connectivity index (χ3n) is 6.22. The molecule has 0 radical (unpaired) electrons. The number of ether oxygens (including phenoxy) is 1. The Bertz CT molecular complexity index is 1410. The summed E-state index contributed by atoms with van der Waals surface area (Å²) in [6.07, 6.45) is 0. The van der Waals surface area contributed by atoms with Crippen LogP contribution in [0.15, 0.2) is 77.6 Å². The van der Waals surface area contributed by atoms with Gasteiger partial charge in [0.2, 0.25) is 5.95 Å². The van der Waals surface area contributed by atoms with Crippen LogP contribution in [0.3, 0.4) is 0 Å². The zero-order valence-electron chi connectivity index (χ0n) is 19.3. The molecule has 5 rings (SSSR count). The molecule has 0 amide bonds. The number of aryl methyl sites for hydroxylation is 1. The average molecular weight is 455 g/mol. The molecule has 1 saturated heterocycles. The van der Waals surface area contributed by atoms with E-state index in [1.54, 1.807) is 22.8 Å². The zero-order chi connectivity index (χ0) is 23.7. The van der Waals surface area contributed by atoms with Crippen molar-refractivity contribution >= 4 is 28.5 Å². The van der Waals surface area contributed by atoms with E-state index >= 15 is 0 Å². The monoisotopic (exact) mass is 454 g/mol. The number of hydrogen-bond acceptors (Lipinski definition) is 6. The molecule has 0 bridgehead atoms. The minimum atomic E-state index is -0.454. The highest BCUT2D eigenvalue weighted by molar-refractivity contribution is 5.94. The van der Waals surface area contributed by atoms with Crippen molar-refractivity contribution in [2.45, 2.75) is 6.92 Å². The molecule has 0 atom stereocenters. The van der Waals surface area contributed by atoms with Crippen LogP contribution < -0.4 is 15.4 Å². The third kappa shape index (κ3) is 4.01. The van der Waals surface area contributed by atoms with Crippen LogP contribution in [0.4, 0.5) is 11.6 Å². The van der Waals surface area contributed by atoms with Crippen LogP contribution in [0.25, 0.3) is 16.6 Å². The smallest absolute Gasteiger partial charge is 0.337 e. The van der Waals surface area contributed by atoms with Gasteiger partial charge in [-0.05, 0) is 55.0 Å². The Morgan fingerprint density at radius 1 is 0.853 bits per heavy atom. The number of carbonyl (C=O) groups is 1. The molecule has 0 saturated carbocycles. The van der Waals surface area contributed by atoms with Gasteiger partial charge in [-0.2, -0.15) is 0 Å². The van der Waals surface area contributed by atoms with Gasteiger partial charge in [0.25, 0.3) is 5.56 Å². The molecule has 1 aliphatic rings. The molecule has 34 heavy (non-hydrogen) atoms. The molecule has 2 heterocycles. The topological polar surface area (TPSA) is 67.7 Å². The molecular formula is C27H26N4O3. The Hall–Kier alpha value is -4.13. The molecule has 1 aromatic heterocycles. The quantitative estimate of drug-likeness (QED) is 0.437. The van der Waals surface area contributed by atoms with Crippen LogP contribution in [0.2, 0.25) is 0 Å². The number of nitrogens with zero attached hydrogens (tertiary/aromatic N) is 4. The van der Waals surface area contributed by atoms with Crippen molar-refractivity contribution in [2.24, 2.45) is 0 Å². The molecule has 0 spiro atoms. The lowest BCUT2D eigenvalue weighted by atomic mass is 10.1. The highest BCUT2D eigenvalue weighted by Crippen LogP contribution is 2.24. The Kier molecular flexibility index (Phi) is 5.76. The van der Waals surface area contributed by atoms with Crippen molar-refractivity contribution in [1.29, 1.82) is 0 Å². The molecule has 172 valence electrons. The van der Waals surface area contributed by atoms with Crippen LogP contribution in [0, 0.1) is 6.92 Å². The van der Waals surface area contributed by atoms with Gasteiger partial charge in [0.05, 0.1) is 29.3 Å². The van der Waals surface area contributed by atoms with Crippen molar-refractivity contribution in [3.63, 3.8) is 0 Å². The summed E-state index contributed by atoms with van der Waals surface area (Å²) in [4.78, 5) is 35.2. The van der Waals surface area contributed by atoms with Crippen molar-refractivity contribution in [3.05, 3.63) is 94.3 Å². The van der Waals surface area contributed by atoms with Crippen molar-refractivity contribution in [1.82, 2.24) is 9.55 Å². The van der Waals surface area contributed by atoms with E-state index in [0.29, 0.717) is 22.4 Å². The van der Waals surface area contributed by atoms with Gasteiger partial charge in [0, 0.05) is 31.9 Å². The van der Waals surface area contributed by atoms with Crippen LogP contribution in [-0.4, -0.2) is 48.8 Å². The van der Waals surface area contributed by atoms with Crippen molar-refractivity contribution in [2.75, 3.05) is 43.1 Å². The van der Waals surface area contributed by atoms with Gasteiger partial charge in [-0.3, -0.25) is 4.79 Å². The fourth-order valence-electron chi connectivity index (χ4n) is 4.43. The average Bonchev–Trinajstić information content (AvgIpc) is 2.88. The predicted octanol–water partition coefficient (Wildman–Crippen LogP) is 3.81. The van der Waals surface area contributed by atoms with Gasteiger partial charge >= 0.3 is 5.97 Å². The van der Waals surface area contributed by atoms with E-state index in [2.05, 4.69) is 21.9 Å². The summed E-state index contributed by atoms with van der Waals surface area (Å²) in [6.45, 7) is 5.07. The van der Waals surface area contributed by atoms with Gasteiger partial charge < -0.3 is 14.5 Å². The summed E-state index contributed by atoms with van der Waals surface area (Å²) in [7, 11) is 1.34. The minimum Gasteiger partial charge on any atom is -0.465 e. The fraction of sp³-hybridized carbons (Fsp3) is 0.222. The Morgan fingerprint density at radius 3 is 2.26 bits per heavy atom. The number of piperazine rings is 1. The maximum absolute atomic E-state index is 13.7. The molecule has 0 N–H and O–H groups in total. The van der Waals surface area contributed by atoms with E-state index in [0.717, 1.165) is 37.4 Å². The van der Waals surface area contributed by atoms with E-state index in [9.17, 15) is 9.59 Å². The summed E-state index contributed by atoms with van der Waals surface area (Å²) in [6, 6.07) is 23.1. The number of aromatic nitrogens is 2. The summed E-state index contributed by atoms with van der Waals surface area (Å²) < 4.78 is 6.54. The summed E-state index contributed by atoms with van der Waals surface area (Å²) in [5.41, 5.74) is 3.72. The molecule has 7 nitrogen and oxygen atoms in total. The van der Waals surface area contributed by atoms with Crippen LogP contribution in [-0.2, 0) is 4.74 Å². The zero-order valence-corrected chi connectivity index (χ0v) is 19.3. The van der Waals surface area contributed by atoms with Crippen LogP contribution in [0.5, 0.6) is 0 Å². The molecule has 1 aliphatic heterocycles. The number of esters is 1. The maximum Gasteiger partial charge on any atom is 0.337 e. The second kappa shape index (κ2) is 9.02. The molecule has 1 fully saturated rings. The number of hydrogen-bond donors (Lipinski definition) is 0. The molecule has 0 unspecified atom stereocenters. The van der Waals surface area contributed by atoms with E-state index in [4.69, 9.17) is 9.72 Å². The van der Waals surface area contributed by atoms with Gasteiger partial charge in [0.15, 0.2) is 0 Å². The molecule has 3 aromatic carbocycles. The number of para-hydroxylation sites is 1. The lowest BCUT2D eigenvalue weighted by molar-refractivity contribution is 0.0601. The first-order chi connectivity index (χ1) is 16.5. The SMILES string of the molecule is COC(=O)c1ccc2c(=O)n(-c3cccc(C)c3)c(N3CCN(c4ccccc4)CC3)nc2c1. The summed E-state index contributed by atoms with van der Waals surface area (Å²) in [5.74, 6) is 0.127. The number of anilines is 2. The van der Waals surface area contributed by atoms with E-state index < -0.39 is 5.97 Å². The second-order valence-corrected chi connectivity index (χ2v) is 8.42. The predicted molar refractivity (Wildman–Crippen MR) is 134 cm³/mol. The first-order valence-electron chi connectivity index (χ1n) is 11.3. The first-order valence-corrected chi connectivity index (χ1v) is 11.3. The number of fused-ring (bicyclic) bond motifs is 1. The van der Waals surface area contributed by atoms with Crippen molar-refractivity contribution < 1.29 is 9.53 Å². The van der Waals surface area contributed by atoms with Gasteiger partial charge in [-0.15, -0.1) is 0 Å². The molecular weight excluding hydrogens is 428 g/mol. The molecule has 0 aliphatic carbocycles. The van der Waals surface area contributed by atoms with Crippen LogP contribution in [0.1, 0.15) is 15.9 Å². The lowest BCUT2D eigenvalue weighted by Gasteiger charge is -2.37. The normalized spacial score (nSPS) is 13.8. The summed E-state index contributed by atoms with van der Waals surface area (Å²) >= 11 is 0. The van der Waals surface area contributed by atoms with E-state index in [-0.39, 0.29) is 5.56 Å². The van der Waals surface area contributed by atoms with Gasteiger partial charge in [-0.25, -0.2) is 14.3 Å². The first kappa shape index (κ1) is 21.7. The van der Waals surface area contributed by atoms with Crippen molar-refractivity contribution in [3.8, 4) is 5.69 Å². The van der Waals surface area contributed by atoms with E-state index in [1.165, 1.54) is 12.8 Å². The van der Waals surface area contributed by atoms with Crippen LogP contribution >= 0.6 is 0 Å². The summed E-state index contributed by atoms with van der Waals surface area (Å²) in [5, 5.41) is 0.459. The number of carbonyl (C=O) groups excluding carboxylic acids is 1. The Morgan fingerprint density at radius 2 is 1.56 bits per heavy atom. The minimum absolute atomic E-state index is 0.160. The highest BCUT2D eigenvalue weighted by atomic mass is 16.5. The fourth-order valence-corrected chi connectivity index (χ4v) is 4.43. The van der Waals surface area contributed by atoms with Gasteiger partial charge in [-0.1, -0.05) is 30.3 Å².